The molecule has 0 spiro atoms. The third-order valence-electron chi connectivity index (χ3n) is 4.05. The van der Waals surface area contributed by atoms with Crippen molar-refractivity contribution < 1.29 is 0 Å². The molecule has 0 radical (unpaired) electrons. The van der Waals surface area contributed by atoms with Crippen LogP contribution < -0.4 is 0 Å². The number of benzene rings is 1. The molecule has 0 N–H and O–H groups in total. The minimum atomic E-state index is 0.952. The molecule has 2 heterocycles. The van der Waals surface area contributed by atoms with Crippen molar-refractivity contribution in [1.82, 2.24) is 19.6 Å². The Labute approximate surface area is 128 Å². The molecule has 0 amide bonds. The van der Waals surface area contributed by atoms with Gasteiger partial charge in [0.1, 0.15) is 4.60 Å². The standard InChI is InChI=1S/C15H21BrN4/c1-18-9-11-19(12-10-18)7-4-8-20-14-6-3-2-5-13(14)15(16)17-20/h2-3,5-6H,4,7-12H2,1H3. The number of piperazine rings is 1. The molecule has 0 saturated carbocycles. The lowest BCUT2D eigenvalue weighted by atomic mass is 10.2. The summed E-state index contributed by atoms with van der Waals surface area (Å²) >= 11 is 3.54. The summed E-state index contributed by atoms with van der Waals surface area (Å²) in [5, 5.41) is 5.79. The van der Waals surface area contributed by atoms with Crippen LogP contribution >= 0.6 is 15.9 Å². The Morgan fingerprint density at radius 2 is 1.85 bits per heavy atom. The molecule has 1 saturated heterocycles. The summed E-state index contributed by atoms with van der Waals surface area (Å²) in [6, 6.07) is 8.39. The average molecular weight is 337 g/mol. The van der Waals surface area contributed by atoms with Gasteiger partial charge >= 0.3 is 0 Å². The lowest BCUT2D eigenvalue weighted by Crippen LogP contribution is -2.44. The summed E-state index contributed by atoms with van der Waals surface area (Å²) in [6.45, 7) is 6.92. The van der Waals surface area contributed by atoms with E-state index in [0.717, 1.165) is 17.6 Å². The second kappa shape index (κ2) is 6.24. The van der Waals surface area contributed by atoms with Crippen LogP contribution in [-0.4, -0.2) is 59.4 Å². The Hall–Kier alpha value is -0.910. The molecule has 2 aromatic rings. The minimum absolute atomic E-state index is 0.952. The molecule has 1 aliphatic rings. The predicted octanol–water partition coefficient (Wildman–Crippen LogP) is 2.44. The SMILES string of the molecule is CN1CCN(CCCn2nc(Br)c3ccccc32)CC1. The summed E-state index contributed by atoms with van der Waals surface area (Å²) in [4.78, 5) is 4.95. The predicted molar refractivity (Wildman–Crippen MR) is 86.0 cm³/mol. The maximum atomic E-state index is 4.59. The third kappa shape index (κ3) is 3.05. The number of hydrogen-bond acceptors (Lipinski definition) is 3. The molecule has 0 aliphatic carbocycles. The zero-order valence-electron chi connectivity index (χ0n) is 11.9. The van der Waals surface area contributed by atoms with Crippen LogP contribution in [0.2, 0.25) is 0 Å². The van der Waals surface area contributed by atoms with E-state index in [0.29, 0.717) is 0 Å². The van der Waals surface area contributed by atoms with Crippen LogP contribution in [0.3, 0.4) is 0 Å². The Morgan fingerprint density at radius 3 is 2.65 bits per heavy atom. The van der Waals surface area contributed by atoms with E-state index in [4.69, 9.17) is 0 Å². The first-order valence-corrected chi connectivity index (χ1v) is 8.05. The molecule has 5 heteroatoms. The Balaban J connectivity index is 1.57. The second-order valence-corrected chi connectivity index (χ2v) is 6.28. The van der Waals surface area contributed by atoms with Crippen molar-refractivity contribution >= 4 is 26.8 Å². The van der Waals surface area contributed by atoms with Gasteiger partial charge in [0.05, 0.1) is 5.52 Å². The second-order valence-electron chi connectivity index (χ2n) is 5.53. The first kappa shape index (κ1) is 14.0. The monoisotopic (exact) mass is 336 g/mol. The number of aromatic nitrogens is 2. The largest absolute Gasteiger partial charge is 0.304 e. The molecular weight excluding hydrogens is 316 g/mol. The molecule has 0 unspecified atom stereocenters. The minimum Gasteiger partial charge on any atom is -0.304 e. The van der Waals surface area contributed by atoms with Crippen LogP contribution in [0.15, 0.2) is 28.9 Å². The number of rotatable bonds is 4. The molecule has 1 aliphatic heterocycles. The quantitative estimate of drug-likeness (QED) is 0.857. The zero-order chi connectivity index (χ0) is 13.9. The molecule has 0 bridgehead atoms. The van der Waals surface area contributed by atoms with Crippen LogP contribution in [0.25, 0.3) is 10.9 Å². The molecule has 1 aromatic heterocycles. The van der Waals surface area contributed by atoms with E-state index in [9.17, 15) is 0 Å². The summed E-state index contributed by atoms with van der Waals surface area (Å²) in [5.74, 6) is 0. The van der Waals surface area contributed by atoms with E-state index in [2.05, 4.69) is 66.8 Å². The number of likely N-dealkylation sites (N-methyl/N-ethyl adjacent to an activating group) is 1. The maximum Gasteiger partial charge on any atom is 0.135 e. The lowest BCUT2D eigenvalue weighted by Gasteiger charge is -2.32. The normalized spacial score (nSPS) is 17.9. The van der Waals surface area contributed by atoms with E-state index in [1.165, 1.54) is 43.6 Å². The zero-order valence-corrected chi connectivity index (χ0v) is 13.5. The molecule has 1 aromatic carbocycles. The molecule has 3 rings (SSSR count). The van der Waals surface area contributed by atoms with Gasteiger partial charge in [0, 0.05) is 38.1 Å². The maximum absolute atomic E-state index is 4.59. The number of halogens is 1. The van der Waals surface area contributed by atoms with Crippen LogP contribution in [0.4, 0.5) is 0 Å². The number of hydrogen-bond donors (Lipinski definition) is 0. The summed E-state index contributed by atoms with van der Waals surface area (Å²) in [6.07, 6.45) is 1.15. The van der Waals surface area contributed by atoms with Gasteiger partial charge in [-0.2, -0.15) is 5.10 Å². The lowest BCUT2D eigenvalue weighted by molar-refractivity contribution is 0.151. The summed E-state index contributed by atoms with van der Waals surface area (Å²) in [5.41, 5.74) is 1.22. The highest BCUT2D eigenvalue weighted by atomic mass is 79.9. The number of nitrogens with zero attached hydrogens (tertiary/aromatic N) is 4. The van der Waals surface area contributed by atoms with Gasteiger partial charge in [-0.15, -0.1) is 0 Å². The van der Waals surface area contributed by atoms with Crippen molar-refractivity contribution in [3.8, 4) is 0 Å². The number of para-hydroxylation sites is 1. The van der Waals surface area contributed by atoms with Crippen LogP contribution in [-0.2, 0) is 6.54 Å². The summed E-state index contributed by atoms with van der Waals surface area (Å²) in [7, 11) is 2.20. The average Bonchev–Trinajstić information content (AvgIpc) is 2.79. The summed E-state index contributed by atoms with van der Waals surface area (Å²) < 4.78 is 3.07. The number of fused-ring (bicyclic) bond motifs is 1. The first-order chi connectivity index (χ1) is 9.74. The van der Waals surface area contributed by atoms with Gasteiger partial charge in [-0.3, -0.25) is 4.68 Å². The van der Waals surface area contributed by atoms with Crippen molar-refractivity contribution in [1.29, 1.82) is 0 Å². The van der Waals surface area contributed by atoms with E-state index >= 15 is 0 Å². The van der Waals surface area contributed by atoms with Crippen LogP contribution in [0.5, 0.6) is 0 Å². The van der Waals surface area contributed by atoms with Gasteiger partial charge in [0.2, 0.25) is 0 Å². The molecule has 0 atom stereocenters. The van der Waals surface area contributed by atoms with Gasteiger partial charge in [0.15, 0.2) is 0 Å². The van der Waals surface area contributed by atoms with E-state index in [1.54, 1.807) is 0 Å². The van der Waals surface area contributed by atoms with Crippen molar-refractivity contribution in [3.63, 3.8) is 0 Å². The highest BCUT2D eigenvalue weighted by Crippen LogP contribution is 2.22. The third-order valence-corrected chi connectivity index (χ3v) is 4.64. The highest BCUT2D eigenvalue weighted by Gasteiger charge is 2.13. The molecule has 108 valence electrons. The van der Waals surface area contributed by atoms with Crippen molar-refractivity contribution in [2.45, 2.75) is 13.0 Å². The topological polar surface area (TPSA) is 24.3 Å². The smallest absolute Gasteiger partial charge is 0.135 e. The fraction of sp³-hybridized carbons (Fsp3) is 0.533. The van der Waals surface area contributed by atoms with E-state index in [-0.39, 0.29) is 0 Å². The molecule has 1 fully saturated rings. The van der Waals surface area contributed by atoms with Crippen molar-refractivity contribution in [3.05, 3.63) is 28.9 Å². The Kier molecular flexibility index (Phi) is 4.38. The van der Waals surface area contributed by atoms with Gasteiger partial charge in [-0.1, -0.05) is 18.2 Å². The molecule has 20 heavy (non-hydrogen) atoms. The Bertz CT molecular complexity index is 572. The first-order valence-electron chi connectivity index (χ1n) is 7.26. The van der Waals surface area contributed by atoms with E-state index < -0.39 is 0 Å². The van der Waals surface area contributed by atoms with Crippen LogP contribution in [0, 0.1) is 0 Å². The van der Waals surface area contributed by atoms with Crippen LogP contribution in [0.1, 0.15) is 6.42 Å². The van der Waals surface area contributed by atoms with E-state index in [1.807, 2.05) is 0 Å². The fourth-order valence-electron chi connectivity index (χ4n) is 2.77. The van der Waals surface area contributed by atoms with Gasteiger partial charge < -0.3 is 9.80 Å². The fourth-order valence-corrected chi connectivity index (χ4v) is 3.30. The van der Waals surface area contributed by atoms with Gasteiger partial charge in [0.25, 0.3) is 0 Å². The highest BCUT2D eigenvalue weighted by molar-refractivity contribution is 9.10. The number of aryl methyl sites for hydroxylation is 1. The molecular formula is C15H21BrN4. The van der Waals surface area contributed by atoms with Gasteiger partial charge in [-0.25, -0.2) is 0 Å². The Morgan fingerprint density at radius 1 is 1.10 bits per heavy atom. The van der Waals surface area contributed by atoms with Gasteiger partial charge in [-0.05, 0) is 42.0 Å². The van der Waals surface area contributed by atoms with Crippen molar-refractivity contribution in [2.24, 2.45) is 0 Å². The molecule has 4 nitrogen and oxygen atoms in total. The van der Waals surface area contributed by atoms with Crippen molar-refractivity contribution in [2.75, 3.05) is 39.8 Å².